The van der Waals surface area contributed by atoms with Gasteiger partial charge in [-0.3, -0.25) is 4.79 Å². The maximum atomic E-state index is 12.4. The second-order valence-electron chi connectivity index (χ2n) is 5.90. The first-order valence-corrected chi connectivity index (χ1v) is 8.11. The standard InChI is InChI=1S/C18H30NO2.HI/c1-5-11-17(16-12-9-8-10-13-16)18(20)21-15-14-19(4,6-2)7-3;/h8-10,12-13,17H,5-7,11,14-15H2,1-4H3;1H/q+1;/p-1. The van der Waals surface area contributed by atoms with Crippen LogP contribution in [0, 0.1) is 0 Å². The Morgan fingerprint density at radius 1 is 1.14 bits per heavy atom. The van der Waals surface area contributed by atoms with Crippen molar-refractivity contribution >= 4 is 5.97 Å². The Balaban J connectivity index is 0.00000441. The van der Waals surface area contributed by atoms with Crippen LogP contribution in [0.25, 0.3) is 0 Å². The summed E-state index contributed by atoms with van der Waals surface area (Å²) in [6.45, 7) is 9.96. The van der Waals surface area contributed by atoms with Crippen molar-refractivity contribution in [3.05, 3.63) is 35.9 Å². The van der Waals surface area contributed by atoms with Crippen molar-refractivity contribution in [3.8, 4) is 0 Å². The predicted octanol–water partition coefficient (Wildman–Crippen LogP) is 0.604. The fourth-order valence-corrected chi connectivity index (χ4v) is 2.40. The number of hydrogen-bond donors (Lipinski definition) is 0. The summed E-state index contributed by atoms with van der Waals surface area (Å²) in [5.41, 5.74) is 1.06. The number of ether oxygens (including phenoxy) is 1. The first-order valence-electron chi connectivity index (χ1n) is 8.11. The van der Waals surface area contributed by atoms with E-state index in [1.807, 2.05) is 30.3 Å². The zero-order valence-electron chi connectivity index (χ0n) is 14.3. The zero-order valence-corrected chi connectivity index (χ0v) is 16.5. The predicted molar refractivity (Wildman–Crippen MR) is 87.2 cm³/mol. The molecule has 0 bridgehead atoms. The number of rotatable bonds is 9. The highest BCUT2D eigenvalue weighted by Crippen LogP contribution is 2.22. The summed E-state index contributed by atoms with van der Waals surface area (Å²) in [5, 5.41) is 0. The topological polar surface area (TPSA) is 26.3 Å². The Bertz CT molecular complexity index is 418. The number of carbonyl (C=O) groups is 1. The van der Waals surface area contributed by atoms with Crippen molar-refractivity contribution in [2.45, 2.75) is 39.5 Å². The minimum Gasteiger partial charge on any atom is -1.00 e. The maximum absolute atomic E-state index is 12.4. The molecule has 22 heavy (non-hydrogen) atoms. The largest absolute Gasteiger partial charge is 1.00 e. The van der Waals surface area contributed by atoms with Crippen molar-refractivity contribution < 1.29 is 38.0 Å². The summed E-state index contributed by atoms with van der Waals surface area (Å²) >= 11 is 0. The number of nitrogens with zero attached hydrogens (tertiary/aromatic N) is 1. The maximum Gasteiger partial charge on any atom is 0.313 e. The van der Waals surface area contributed by atoms with Crippen molar-refractivity contribution in [3.63, 3.8) is 0 Å². The van der Waals surface area contributed by atoms with Crippen molar-refractivity contribution in [2.24, 2.45) is 0 Å². The van der Waals surface area contributed by atoms with Crippen LogP contribution in [0.1, 0.15) is 45.1 Å². The molecule has 0 heterocycles. The third kappa shape index (κ3) is 6.65. The fraction of sp³-hybridized carbons (Fsp3) is 0.611. The molecule has 0 aliphatic rings. The summed E-state index contributed by atoms with van der Waals surface area (Å²) in [4.78, 5) is 12.4. The number of likely N-dealkylation sites (N-methyl/N-ethyl adjacent to an activating group) is 1. The molecule has 0 amide bonds. The highest BCUT2D eigenvalue weighted by atomic mass is 127. The van der Waals surface area contributed by atoms with Crippen LogP contribution in [0.4, 0.5) is 0 Å². The third-order valence-corrected chi connectivity index (χ3v) is 4.47. The van der Waals surface area contributed by atoms with Gasteiger partial charge >= 0.3 is 5.97 Å². The van der Waals surface area contributed by atoms with Crippen LogP contribution in [0.2, 0.25) is 0 Å². The molecular formula is C18H30INO2. The highest BCUT2D eigenvalue weighted by molar-refractivity contribution is 5.78. The van der Waals surface area contributed by atoms with E-state index in [0.717, 1.165) is 42.5 Å². The fourth-order valence-electron chi connectivity index (χ4n) is 2.40. The Labute approximate surface area is 152 Å². The smallest absolute Gasteiger partial charge is 0.313 e. The lowest BCUT2D eigenvalue weighted by molar-refractivity contribution is -0.906. The lowest BCUT2D eigenvalue weighted by atomic mass is 9.95. The van der Waals surface area contributed by atoms with Gasteiger partial charge in [0, 0.05) is 0 Å². The number of halogens is 1. The minimum absolute atomic E-state index is 0. The van der Waals surface area contributed by atoms with Crippen LogP contribution in [-0.4, -0.2) is 43.7 Å². The van der Waals surface area contributed by atoms with E-state index in [9.17, 15) is 4.79 Å². The molecule has 0 saturated heterocycles. The van der Waals surface area contributed by atoms with Gasteiger partial charge in [-0.15, -0.1) is 0 Å². The van der Waals surface area contributed by atoms with E-state index in [1.165, 1.54) is 0 Å². The molecule has 1 aromatic carbocycles. The molecule has 1 unspecified atom stereocenters. The van der Waals surface area contributed by atoms with E-state index in [1.54, 1.807) is 0 Å². The van der Waals surface area contributed by atoms with Crippen molar-refractivity contribution in [1.82, 2.24) is 0 Å². The molecule has 0 aliphatic heterocycles. The molecule has 4 heteroatoms. The van der Waals surface area contributed by atoms with Gasteiger partial charge < -0.3 is 33.2 Å². The number of carbonyl (C=O) groups excluding carboxylic acids is 1. The Morgan fingerprint density at radius 2 is 1.73 bits per heavy atom. The molecule has 0 spiro atoms. The first kappa shape index (κ1) is 21.4. The van der Waals surface area contributed by atoms with Crippen LogP contribution in [0.15, 0.2) is 30.3 Å². The molecule has 126 valence electrons. The van der Waals surface area contributed by atoms with Crippen LogP contribution in [0.3, 0.4) is 0 Å². The third-order valence-electron chi connectivity index (χ3n) is 4.47. The summed E-state index contributed by atoms with van der Waals surface area (Å²) in [6.07, 6.45) is 1.82. The normalized spacial score (nSPS) is 12.4. The average molecular weight is 419 g/mol. The first-order chi connectivity index (χ1) is 10.1. The molecule has 0 radical (unpaired) electrons. The second kappa shape index (κ2) is 11.0. The van der Waals surface area contributed by atoms with Gasteiger partial charge in [0.2, 0.25) is 0 Å². The van der Waals surface area contributed by atoms with E-state index in [-0.39, 0.29) is 35.9 Å². The van der Waals surface area contributed by atoms with E-state index in [0.29, 0.717) is 6.61 Å². The zero-order chi connectivity index (χ0) is 15.7. The molecule has 0 fully saturated rings. The molecule has 3 nitrogen and oxygen atoms in total. The molecule has 0 saturated carbocycles. The molecule has 1 rings (SSSR count). The quantitative estimate of drug-likeness (QED) is 0.333. The van der Waals surface area contributed by atoms with Gasteiger partial charge in [-0.25, -0.2) is 0 Å². The summed E-state index contributed by atoms with van der Waals surface area (Å²) in [6, 6.07) is 9.96. The van der Waals surface area contributed by atoms with Gasteiger partial charge in [-0.1, -0.05) is 43.7 Å². The summed E-state index contributed by atoms with van der Waals surface area (Å²) < 4.78 is 6.50. The number of benzene rings is 1. The van der Waals surface area contributed by atoms with Gasteiger partial charge in [0.05, 0.1) is 26.1 Å². The molecule has 0 N–H and O–H groups in total. The number of quaternary nitrogens is 1. The Kier molecular flexibility index (Phi) is 10.7. The number of hydrogen-bond acceptors (Lipinski definition) is 2. The van der Waals surface area contributed by atoms with Gasteiger partial charge in [-0.05, 0) is 25.8 Å². The lowest BCUT2D eigenvalue weighted by Gasteiger charge is -2.31. The van der Waals surface area contributed by atoms with Crippen LogP contribution >= 0.6 is 0 Å². The van der Waals surface area contributed by atoms with Crippen LogP contribution in [0.5, 0.6) is 0 Å². The average Bonchev–Trinajstić information content (AvgIpc) is 2.53. The van der Waals surface area contributed by atoms with E-state index in [2.05, 4.69) is 27.8 Å². The lowest BCUT2D eigenvalue weighted by Crippen LogP contribution is -3.00. The second-order valence-corrected chi connectivity index (χ2v) is 5.90. The summed E-state index contributed by atoms with van der Waals surface area (Å²) in [5.74, 6) is -0.208. The molecule has 0 aromatic heterocycles. The van der Waals surface area contributed by atoms with Crippen LogP contribution in [-0.2, 0) is 9.53 Å². The van der Waals surface area contributed by atoms with Gasteiger partial charge in [0.25, 0.3) is 0 Å². The van der Waals surface area contributed by atoms with E-state index in [4.69, 9.17) is 4.74 Å². The number of esters is 1. The Hall–Kier alpha value is -0.620. The van der Waals surface area contributed by atoms with Gasteiger partial charge in [-0.2, -0.15) is 0 Å². The minimum atomic E-state index is -0.127. The molecule has 1 atom stereocenters. The molecule has 0 aliphatic carbocycles. The van der Waals surface area contributed by atoms with Crippen molar-refractivity contribution in [2.75, 3.05) is 33.3 Å². The monoisotopic (exact) mass is 419 g/mol. The summed E-state index contributed by atoms with van der Waals surface area (Å²) in [7, 11) is 2.20. The van der Waals surface area contributed by atoms with E-state index >= 15 is 0 Å². The van der Waals surface area contributed by atoms with E-state index < -0.39 is 0 Å². The van der Waals surface area contributed by atoms with Gasteiger partial charge in [0.1, 0.15) is 13.2 Å². The molecular weight excluding hydrogens is 389 g/mol. The van der Waals surface area contributed by atoms with Crippen molar-refractivity contribution in [1.29, 1.82) is 0 Å². The Morgan fingerprint density at radius 3 is 2.23 bits per heavy atom. The SMILES string of the molecule is CCCC(C(=O)OCC[N+](C)(CC)CC)c1ccccc1.[I-]. The highest BCUT2D eigenvalue weighted by Gasteiger charge is 2.23. The van der Waals surface area contributed by atoms with Gasteiger partial charge in [0.15, 0.2) is 0 Å². The van der Waals surface area contributed by atoms with Crippen LogP contribution < -0.4 is 24.0 Å². The molecule has 1 aromatic rings.